The molecular weight excluding hydrogens is 184 g/mol. The van der Waals surface area contributed by atoms with E-state index >= 15 is 0 Å². The fraction of sp³-hybridized carbons (Fsp3) is 1.00. The van der Waals surface area contributed by atoms with Gasteiger partial charge in [0.2, 0.25) is 0 Å². The van der Waals surface area contributed by atoms with E-state index in [2.05, 4.69) is 6.92 Å². The first-order valence-corrected chi connectivity index (χ1v) is 6.77. The summed E-state index contributed by atoms with van der Waals surface area (Å²) < 4.78 is 11.2. The van der Waals surface area contributed by atoms with Crippen molar-refractivity contribution in [2.45, 2.75) is 50.7 Å². The highest BCUT2D eigenvalue weighted by Crippen LogP contribution is 2.11. The second-order valence-corrected chi connectivity index (χ2v) is 5.15. The van der Waals surface area contributed by atoms with Crippen molar-refractivity contribution in [3.63, 3.8) is 0 Å². The first-order valence-electron chi connectivity index (χ1n) is 5.15. The Labute approximate surface area is 84.2 Å². The summed E-state index contributed by atoms with van der Waals surface area (Å²) in [6.07, 6.45) is 8.31. The van der Waals surface area contributed by atoms with Gasteiger partial charge in [0.05, 0.1) is 0 Å². The Balaban J connectivity index is 3.51. The molecule has 0 aliphatic rings. The van der Waals surface area contributed by atoms with Crippen molar-refractivity contribution in [1.82, 2.24) is 0 Å². The molecule has 0 aliphatic carbocycles. The average Bonchev–Trinajstić information content (AvgIpc) is 2.10. The highest BCUT2D eigenvalue weighted by Gasteiger charge is 2.11. The monoisotopic (exact) mass is 206 g/mol. The first kappa shape index (κ1) is 13.1. The molecule has 0 fully saturated rings. The fourth-order valence-electron chi connectivity index (χ4n) is 1.42. The molecule has 2 atom stereocenters. The SMILES string of the molecule is CCCCCCC(CCO)S(C)=O. The van der Waals surface area contributed by atoms with Crippen molar-refractivity contribution >= 4 is 10.8 Å². The van der Waals surface area contributed by atoms with Crippen LogP contribution in [0.1, 0.15) is 45.4 Å². The molecule has 0 rings (SSSR count). The zero-order chi connectivity index (χ0) is 10.1. The molecular formula is C10H22O2S. The highest BCUT2D eigenvalue weighted by molar-refractivity contribution is 7.84. The van der Waals surface area contributed by atoms with E-state index in [0.29, 0.717) is 6.42 Å². The minimum absolute atomic E-state index is 0.165. The Kier molecular flexibility index (Phi) is 8.77. The second-order valence-electron chi connectivity index (χ2n) is 3.48. The van der Waals surface area contributed by atoms with Gasteiger partial charge in [-0.05, 0) is 12.8 Å². The zero-order valence-corrected chi connectivity index (χ0v) is 9.61. The highest BCUT2D eigenvalue weighted by atomic mass is 32.2. The van der Waals surface area contributed by atoms with Gasteiger partial charge in [0.15, 0.2) is 0 Å². The van der Waals surface area contributed by atoms with Crippen molar-refractivity contribution < 1.29 is 9.32 Å². The molecule has 0 aromatic carbocycles. The van der Waals surface area contributed by atoms with E-state index in [1.54, 1.807) is 6.26 Å². The molecule has 0 saturated heterocycles. The largest absolute Gasteiger partial charge is 0.396 e. The number of unbranched alkanes of at least 4 members (excludes halogenated alkanes) is 3. The van der Waals surface area contributed by atoms with Gasteiger partial charge in [-0.3, -0.25) is 4.21 Å². The van der Waals surface area contributed by atoms with Gasteiger partial charge in [-0.2, -0.15) is 0 Å². The van der Waals surface area contributed by atoms with Crippen molar-refractivity contribution in [1.29, 1.82) is 0 Å². The number of hydrogen-bond donors (Lipinski definition) is 1. The van der Waals surface area contributed by atoms with Crippen molar-refractivity contribution in [3.8, 4) is 0 Å². The molecule has 0 spiro atoms. The minimum Gasteiger partial charge on any atom is -0.396 e. The van der Waals surface area contributed by atoms with Gasteiger partial charge in [-0.1, -0.05) is 32.6 Å². The molecule has 2 unspecified atom stereocenters. The molecule has 0 aliphatic heterocycles. The molecule has 0 heterocycles. The van der Waals surface area contributed by atoms with Crippen LogP contribution in [-0.4, -0.2) is 27.4 Å². The Morgan fingerprint density at radius 2 is 1.92 bits per heavy atom. The van der Waals surface area contributed by atoms with E-state index < -0.39 is 10.8 Å². The molecule has 80 valence electrons. The zero-order valence-electron chi connectivity index (χ0n) is 8.79. The standard InChI is InChI=1S/C10H22O2S/c1-3-4-5-6-7-10(8-9-11)13(2)12/h10-11H,3-9H2,1-2H3. The van der Waals surface area contributed by atoms with E-state index in [0.717, 1.165) is 12.8 Å². The summed E-state index contributed by atoms with van der Waals surface area (Å²) in [6.45, 7) is 2.35. The summed E-state index contributed by atoms with van der Waals surface area (Å²) >= 11 is 0. The van der Waals surface area contributed by atoms with Crippen LogP contribution in [0.15, 0.2) is 0 Å². The van der Waals surface area contributed by atoms with Crippen LogP contribution in [0.4, 0.5) is 0 Å². The predicted molar refractivity (Wildman–Crippen MR) is 58.3 cm³/mol. The fourth-order valence-corrected chi connectivity index (χ4v) is 2.35. The van der Waals surface area contributed by atoms with Crippen LogP contribution in [0.5, 0.6) is 0 Å². The molecule has 13 heavy (non-hydrogen) atoms. The number of hydrogen-bond acceptors (Lipinski definition) is 2. The molecule has 1 N–H and O–H groups in total. The lowest BCUT2D eigenvalue weighted by Crippen LogP contribution is -2.15. The summed E-state index contributed by atoms with van der Waals surface area (Å²) in [6, 6.07) is 0. The maximum Gasteiger partial charge on any atom is 0.0442 e. The molecule has 0 aromatic heterocycles. The molecule has 0 bridgehead atoms. The maximum atomic E-state index is 11.2. The normalized spacial score (nSPS) is 15.6. The summed E-state index contributed by atoms with van der Waals surface area (Å²) in [5, 5.41) is 8.96. The lowest BCUT2D eigenvalue weighted by atomic mass is 10.1. The van der Waals surface area contributed by atoms with Crippen LogP contribution < -0.4 is 0 Å². The Bertz CT molecular complexity index is 137. The third-order valence-corrected chi connectivity index (χ3v) is 3.71. The lowest BCUT2D eigenvalue weighted by molar-refractivity contribution is 0.284. The van der Waals surface area contributed by atoms with E-state index in [1.807, 2.05) is 0 Å². The quantitative estimate of drug-likeness (QED) is 0.617. The van der Waals surface area contributed by atoms with Crippen LogP contribution in [0.25, 0.3) is 0 Å². The van der Waals surface area contributed by atoms with Gasteiger partial charge in [0, 0.05) is 28.9 Å². The summed E-state index contributed by atoms with van der Waals surface area (Å²) in [4.78, 5) is 0. The van der Waals surface area contributed by atoms with Crippen molar-refractivity contribution in [2.75, 3.05) is 12.9 Å². The molecule has 2 nitrogen and oxygen atoms in total. The van der Waals surface area contributed by atoms with Gasteiger partial charge >= 0.3 is 0 Å². The maximum absolute atomic E-state index is 11.2. The molecule has 3 heteroatoms. The molecule has 0 radical (unpaired) electrons. The lowest BCUT2D eigenvalue weighted by Gasteiger charge is -2.11. The van der Waals surface area contributed by atoms with Crippen LogP contribution in [0, 0.1) is 0 Å². The van der Waals surface area contributed by atoms with Crippen molar-refractivity contribution in [2.24, 2.45) is 0 Å². The van der Waals surface area contributed by atoms with Crippen LogP contribution in [0.2, 0.25) is 0 Å². The third-order valence-electron chi connectivity index (χ3n) is 2.30. The van der Waals surface area contributed by atoms with Gasteiger partial charge < -0.3 is 5.11 Å². The Morgan fingerprint density at radius 1 is 1.23 bits per heavy atom. The molecule has 0 saturated carbocycles. The number of aliphatic hydroxyl groups excluding tert-OH is 1. The molecule has 0 amide bonds. The Hall–Kier alpha value is 0.110. The van der Waals surface area contributed by atoms with Gasteiger partial charge in [-0.15, -0.1) is 0 Å². The number of rotatable bonds is 8. The summed E-state index contributed by atoms with van der Waals surface area (Å²) in [5.41, 5.74) is 0. The van der Waals surface area contributed by atoms with Crippen LogP contribution >= 0.6 is 0 Å². The van der Waals surface area contributed by atoms with Crippen LogP contribution in [-0.2, 0) is 10.8 Å². The third kappa shape index (κ3) is 7.20. The van der Waals surface area contributed by atoms with Gasteiger partial charge in [0.25, 0.3) is 0 Å². The average molecular weight is 206 g/mol. The van der Waals surface area contributed by atoms with Crippen molar-refractivity contribution in [3.05, 3.63) is 0 Å². The van der Waals surface area contributed by atoms with E-state index in [1.165, 1.54) is 19.3 Å². The van der Waals surface area contributed by atoms with E-state index in [9.17, 15) is 4.21 Å². The van der Waals surface area contributed by atoms with Crippen LogP contribution in [0.3, 0.4) is 0 Å². The first-order chi connectivity index (χ1) is 6.22. The van der Waals surface area contributed by atoms with E-state index in [4.69, 9.17) is 5.11 Å². The van der Waals surface area contributed by atoms with Gasteiger partial charge in [-0.25, -0.2) is 0 Å². The summed E-state index contributed by atoms with van der Waals surface area (Å²) in [7, 11) is -0.769. The second kappa shape index (κ2) is 8.70. The Morgan fingerprint density at radius 3 is 2.38 bits per heavy atom. The predicted octanol–water partition coefficient (Wildman–Crippen LogP) is 2.09. The molecule has 0 aromatic rings. The minimum atomic E-state index is -0.769. The van der Waals surface area contributed by atoms with E-state index in [-0.39, 0.29) is 11.9 Å². The smallest absolute Gasteiger partial charge is 0.0442 e. The summed E-state index contributed by atoms with van der Waals surface area (Å²) in [5.74, 6) is 0. The topological polar surface area (TPSA) is 37.3 Å². The number of aliphatic hydroxyl groups is 1. The van der Waals surface area contributed by atoms with Gasteiger partial charge in [0.1, 0.15) is 0 Å².